The molecule has 7 heteroatoms. The van der Waals surface area contributed by atoms with Crippen LogP contribution in [0.15, 0.2) is 48.5 Å². The first kappa shape index (κ1) is 16.2. The predicted molar refractivity (Wildman–Crippen MR) is 97.9 cm³/mol. The van der Waals surface area contributed by atoms with Crippen LogP contribution in [0.1, 0.15) is 21.6 Å². The van der Waals surface area contributed by atoms with Gasteiger partial charge in [0.1, 0.15) is 11.6 Å². The van der Waals surface area contributed by atoms with Crippen LogP contribution < -0.4 is 5.32 Å². The van der Waals surface area contributed by atoms with Crippen LogP contribution in [0.5, 0.6) is 0 Å². The van der Waals surface area contributed by atoms with Gasteiger partial charge in [-0.2, -0.15) is 16.9 Å². The number of rotatable bonds is 3. The topological polar surface area (TPSA) is 46.9 Å². The molecule has 0 saturated carbocycles. The summed E-state index contributed by atoms with van der Waals surface area (Å²) in [5.74, 6) is 1.59. The summed E-state index contributed by atoms with van der Waals surface area (Å²) in [5, 5.41) is 8.20. The van der Waals surface area contributed by atoms with E-state index in [9.17, 15) is 9.18 Å². The van der Waals surface area contributed by atoms with E-state index < -0.39 is 0 Å². The van der Waals surface area contributed by atoms with Crippen LogP contribution in [0.25, 0.3) is 5.69 Å². The third kappa shape index (κ3) is 3.15. The van der Waals surface area contributed by atoms with Gasteiger partial charge >= 0.3 is 0 Å². The molecule has 0 radical (unpaired) electrons. The molecule has 0 unspecified atom stereocenters. The molecule has 0 aliphatic carbocycles. The summed E-state index contributed by atoms with van der Waals surface area (Å²) in [7, 11) is 0. The van der Waals surface area contributed by atoms with E-state index in [1.165, 1.54) is 24.3 Å². The maximum absolute atomic E-state index is 13.1. The number of nitrogens with one attached hydrogen (secondary N) is 1. The lowest BCUT2D eigenvalue weighted by molar-refractivity contribution is 0.102. The Morgan fingerprint density at radius 3 is 2.56 bits per heavy atom. The van der Waals surface area contributed by atoms with E-state index in [0.717, 1.165) is 28.5 Å². The van der Waals surface area contributed by atoms with Crippen LogP contribution in [0, 0.1) is 5.82 Å². The largest absolute Gasteiger partial charge is 0.306 e. The summed E-state index contributed by atoms with van der Waals surface area (Å²) in [6.45, 7) is 0. The van der Waals surface area contributed by atoms with Crippen molar-refractivity contribution >= 4 is 35.1 Å². The molecular weight excluding hydrogens is 361 g/mol. The first-order valence-corrected chi connectivity index (χ1v) is 9.16. The maximum atomic E-state index is 13.1. The van der Waals surface area contributed by atoms with E-state index in [2.05, 4.69) is 10.4 Å². The quantitative estimate of drug-likeness (QED) is 0.726. The lowest BCUT2D eigenvalue weighted by atomic mass is 10.2. The van der Waals surface area contributed by atoms with Crippen molar-refractivity contribution < 1.29 is 9.18 Å². The highest BCUT2D eigenvalue weighted by atomic mass is 35.5. The normalized spacial score (nSPS) is 12.9. The fraction of sp³-hybridized carbons (Fsp3) is 0.111. The van der Waals surface area contributed by atoms with Crippen LogP contribution in [0.2, 0.25) is 5.02 Å². The zero-order valence-corrected chi connectivity index (χ0v) is 14.6. The molecule has 0 atom stereocenters. The van der Waals surface area contributed by atoms with E-state index in [4.69, 9.17) is 11.6 Å². The van der Waals surface area contributed by atoms with Gasteiger partial charge in [-0.15, -0.1) is 0 Å². The summed E-state index contributed by atoms with van der Waals surface area (Å²) in [6.07, 6.45) is 0. The second-order valence-corrected chi connectivity index (χ2v) is 7.04. The molecule has 2 heterocycles. The number of hydrogen-bond acceptors (Lipinski definition) is 3. The molecule has 3 aromatic rings. The van der Waals surface area contributed by atoms with Crippen molar-refractivity contribution in [3.63, 3.8) is 0 Å². The van der Waals surface area contributed by atoms with Gasteiger partial charge in [0.15, 0.2) is 0 Å². The standard InChI is InChI=1S/C18H13ClFN3OS/c19-12-3-7-14(8-4-12)23-17(15-9-25-10-16(15)22-23)21-18(24)11-1-5-13(20)6-2-11/h1-8H,9-10H2,(H,21,24). The molecule has 4 nitrogen and oxygen atoms in total. The Balaban J connectivity index is 1.72. The van der Waals surface area contributed by atoms with Crippen LogP contribution in [-0.4, -0.2) is 15.7 Å². The van der Waals surface area contributed by atoms with E-state index in [1.807, 2.05) is 12.1 Å². The average Bonchev–Trinajstić information content (AvgIpc) is 3.19. The molecule has 2 aromatic carbocycles. The summed E-state index contributed by atoms with van der Waals surface area (Å²) >= 11 is 7.71. The number of anilines is 1. The van der Waals surface area contributed by atoms with Gasteiger partial charge in [0, 0.05) is 27.7 Å². The van der Waals surface area contributed by atoms with Gasteiger partial charge in [0.2, 0.25) is 0 Å². The van der Waals surface area contributed by atoms with Gasteiger partial charge in [0.05, 0.1) is 11.4 Å². The van der Waals surface area contributed by atoms with Gasteiger partial charge < -0.3 is 5.32 Å². The van der Waals surface area contributed by atoms with Crippen LogP contribution in [0.4, 0.5) is 10.2 Å². The van der Waals surface area contributed by atoms with Gasteiger partial charge in [0.25, 0.3) is 5.91 Å². The molecular formula is C18H13ClFN3OS. The highest BCUT2D eigenvalue weighted by molar-refractivity contribution is 7.98. The number of halogens is 2. The minimum atomic E-state index is -0.375. The molecule has 0 fully saturated rings. The number of benzene rings is 2. The highest BCUT2D eigenvalue weighted by Crippen LogP contribution is 2.36. The van der Waals surface area contributed by atoms with Crippen molar-refractivity contribution in [3.8, 4) is 5.69 Å². The summed E-state index contributed by atoms with van der Waals surface area (Å²) < 4.78 is 14.8. The van der Waals surface area contributed by atoms with E-state index >= 15 is 0 Å². The minimum Gasteiger partial charge on any atom is -0.306 e. The predicted octanol–water partition coefficient (Wildman–Crippen LogP) is 4.66. The lowest BCUT2D eigenvalue weighted by Gasteiger charge is -2.11. The number of carbonyl (C=O) groups excluding carboxylic acids is 1. The summed E-state index contributed by atoms with van der Waals surface area (Å²) in [6, 6.07) is 12.7. The molecule has 25 heavy (non-hydrogen) atoms. The van der Waals surface area contributed by atoms with Gasteiger partial charge in [-0.25, -0.2) is 9.07 Å². The average molecular weight is 374 g/mol. The highest BCUT2D eigenvalue weighted by Gasteiger charge is 2.25. The van der Waals surface area contributed by atoms with Gasteiger partial charge in [-0.05, 0) is 48.5 Å². The molecule has 1 N–H and O–H groups in total. The molecule has 0 spiro atoms. The number of amides is 1. The van der Waals surface area contributed by atoms with E-state index in [-0.39, 0.29) is 11.7 Å². The van der Waals surface area contributed by atoms with Crippen molar-refractivity contribution in [2.75, 3.05) is 5.32 Å². The van der Waals surface area contributed by atoms with Gasteiger partial charge in [-0.3, -0.25) is 4.79 Å². The fourth-order valence-corrected chi connectivity index (χ4v) is 3.85. The van der Waals surface area contributed by atoms with Gasteiger partial charge in [-0.1, -0.05) is 11.6 Å². The molecule has 1 aliphatic heterocycles. The zero-order chi connectivity index (χ0) is 17.4. The Kier molecular flexibility index (Phi) is 4.23. The molecule has 1 aromatic heterocycles. The van der Waals surface area contributed by atoms with E-state index in [0.29, 0.717) is 16.4 Å². The summed E-state index contributed by atoms with van der Waals surface area (Å²) in [5.41, 5.74) is 3.20. The second-order valence-electron chi connectivity index (χ2n) is 5.62. The Bertz CT molecular complexity index is 938. The van der Waals surface area contributed by atoms with Crippen LogP contribution >= 0.6 is 23.4 Å². The molecule has 1 amide bonds. The number of aromatic nitrogens is 2. The number of hydrogen-bond donors (Lipinski definition) is 1. The maximum Gasteiger partial charge on any atom is 0.256 e. The Morgan fingerprint density at radius 2 is 1.84 bits per heavy atom. The molecule has 4 rings (SSSR count). The van der Waals surface area contributed by atoms with Crippen molar-refractivity contribution in [1.82, 2.24) is 9.78 Å². The second kappa shape index (κ2) is 6.54. The van der Waals surface area contributed by atoms with Crippen LogP contribution in [0.3, 0.4) is 0 Å². The van der Waals surface area contributed by atoms with Crippen molar-refractivity contribution in [3.05, 3.63) is 76.2 Å². The molecule has 1 aliphatic rings. The number of carbonyl (C=O) groups is 1. The molecule has 0 saturated heterocycles. The van der Waals surface area contributed by atoms with Crippen molar-refractivity contribution in [1.29, 1.82) is 0 Å². The Labute approximate surface area is 153 Å². The third-order valence-corrected chi connectivity index (χ3v) is 5.18. The smallest absolute Gasteiger partial charge is 0.256 e. The first-order valence-electron chi connectivity index (χ1n) is 7.63. The number of thioether (sulfide) groups is 1. The lowest BCUT2D eigenvalue weighted by Crippen LogP contribution is -2.16. The Morgan fingerprint density at radius 1 is 1.12 bits per heavy atom. The third-order valence-electron chi connectivity index (χ3n) is 3.96. The Hall–Kier alpha value is -2.31. The van der Waals surface area contributed by atoms with E-state index in [1.54, 1.807) is 28.6 Å². The molecule has 126 valence electrons. The van der Waals surface area contributed by atoms with Crippen LogP contribution in [-0.2, 0) is 11.5 Å². The SMILES string of the molecule is O=C(Nc1c2c(nn1-c1ccc(Cl)cc1)CSC2)c1ccc(F)cc1. The van der Waals surface area contributed by atoms with Crippen molar-refractivity contribution in [2.45, 2.75) is 11.5 Å². The summed E-state index contributed by atoms with van der Waals surface area (Å²) in [4.78, 5) is 12.6. The van der Waals surface area contributed by atoms with Crippen molar-refractivity contribution in [2.24, 2.45) is 0 Å². The fourth-order valence-electron chi connectivity index (χ4n) is 2.69. The monoisotopic (exact) mass is 373 g/mol. The number of nitrogens with zero attached hydrogens (tertiary/aromatic N) is 2. The zero-order valence-electron chi connectivity index (χ0n) is 13.0. The number of fused-ring (bicyclic) bond motifs is 1. The minimum absolute atomic E-state index is 0.296. The molecule has 0 bridgehead atoms. The first-order chi connectivity index (χ1) is 12.1.